The highest BCUT2D eigenvalue weighted by molar-refractivity contribution is 5.83. The monoisotopic (exact) mass is 458 g/mol. The minimum Gasteiger partial charge on any atom is -0.354 e. The van der Waals surface area contributed by atoms with Crippen molar-refractivity contribution in [3.8, 4) is 0 Å². The predicted octanol–water partition coefficient (Wildman–Crippen LogP) is 1.98. The van der Waals surface area contributed by atoms with E-state index in [1.54, 1.807) is 4.57 Å². The van der Waals surface area contributed by atoms with Crippen LogP contribution >= 0.6 is 0 Å². The van der Waals surface area contributed by atoms with Crippen LogP contribution in [0, 0.1) is 5.41 Å². The molecule has 0 spiro atoms. The second-order valence-corrected chi connectivity index (χ2v) is 10.3. The molecule has 2 bridgehead atoms. The first-order chi connectivity index (χ1) is 15.8. The van der Waals surface area contributed by atoms with Crippen molar-refractivity contribution in [2.24, 2.45) is 5.41 Å². The Morgan fingerprint density at radius 3 is 2.21 bits per heavy atom. The molecule has 0 radical (unpaired) electrons. The molecule has 0 atom stereocenters. The average molecular weight is 459 g/mol. The van der Waals surface area contributed by atoms with Crippen LogP contribution in [0.1, 0.15) is 71.0 Å². The number of likely N-dealkylation sites (N-methyl/N-ethyl adjacent to an activating group) is 1. The number of nitrogens with one attached hydrogen (secondary N) is 2. The average Bonchev–Trinajstić information content (AvgIpc) is 3.27. The summed E-state index contributed by atoms with van der Waals surface area (Å²) in [6.45, 7) is 6.42. The Labute approximate surface area is 194 Å². The van der Waals surface area contributed by atoms with E-state index >= 15 is 0 Å². The molecule has 3 aliphatic carbocycles. The minimum absolute atomic E-state index is 0.153. The van der Waals surface area contributed by atoms with E-state index in [1.165, 1.54) is 4.57 Å². The summed E-state index contributed by atoms with van der Waals surface area (Å²) in [6.07, 6.45) is 6.62. The molecule has 0 aromatic carbocycles. The molecular formula is C24H38N6O3. The van der Waals surface area contributed by atoms with E-state index in [4.69, 9.17) is 4.98 Å². The number of hydrogen-bond acceptors (Lipinski definition) is 5. The molecule has 9 heteroatoms. The summed E-state index contributed by atoms with van der Waals surface area (Å²) in [5.74, 6) is 0.996. The van der Waals surface area contributed by atoms with Gasteiger partial charge >= 0.3 is 5.69 Å². The van der Waals surface area contributed by atoms with E-state index in [0.29, 0.717) is 30.8 Å². The lowest BCUT2D eigenvalue weighted by molar-refractivity contribution is -0.138. The second-order valence-electron chi connectivity index (χ2n) is 10.3. The molecule has 2 aromatic heterocycles. The zero-order valence-electron chi connectivity index (χ0n) is 20.5. The number of rotatable bonds is 9. The van der Waals surface area contributed by atoms with Crippen LogP contribution in [0.15, 0.2) is 9.59 Å². The Bertz CT molecular complexity index is 1120. The highest BCUT2D eigenvalue weighted by atomic mass is 16.2. The molecule has 0 saturated heterocycles. The Morgan fingerprint density at radius 1 is 1.03 bits per heavy atom. The molecule has 9 nitrogen and oxygen atoms in total. The Hall–Kier alpha value is -2.42. The van der Waals surface area contributed by atoms with E-state index in [-0.39, 0.29) is 28.0 Å². The molecule has 1 amide bonds. The van der Waals surface area contributed by atoms with Crippen molar-refractivity contribution in [2.75, 3.05) is 27.2 Å². The summed E-state index contributed by atoms with van der Waals surface area (Å²) in [6, 6.07) is 0. The van der Waals surface area contributed by atoms with Gasteiger partial charge in [-0.15, -0.1) is 0 Å². The lowest BCUT2D eigenvalue weighted by Crippen LogP contribution is -2.52. The smallest absolute Gasteiger partial charge is 0.332 e. The lowest BCUT2D eigenvalue weighted by Gasteiger charge is -2.51. The molecule has 3 aliphatic rings. The summed E-state index contributed by atoms with van der Waals surface area (Å²) in [5.41, 5.74) is -0.0666. The van der Waals surface area contributed by atoms with Gasteiger partial charge in [-0.2, -0.15) is 0 Å². The Balaban J connectivity index is 1.63. The summed E-state index contributed by atoms with van der Waals surface area (Å²) in [5, 5.41) is 3.14. The van der Waals surface area contributed by atoms with Crippen molar-refractivity contribution < 1.29 is 4.79 Å². The molecule has 33 heavy (non-hydrogen) atoms. The first kappa shape index (κ1) is 23.7. The maximum atomic E-state index is 13.1. The van der Waals surface area contributed by atoms with Crippen LogP contribution in [0.5, 0.6) is 0 Å². The van der Waals surface area contributed by atoms with Gasteiger partial charge in [-0.05, 0) is 65.5 Å². The molecule has 0 aliphatic heterocycles. The maximum absolute atomic E-state index is 13.1. The van der Waals surface area contributed by atoms with Gasteiger partial charge in [-0.1, -0.05) is 13.8 Å². The van der Waals surface area contributed by atoms with Crippen LogP contribution in [-0.4, -0.2) is 57.1 Å². The van der Waals surface area contributed by atoms with Crippen molar-refractivity contribution >= 4 is 17.1 Å². The first-order valence-electron chi connectivity index (χ1n) is 12.4. The van der Waals surface area contributed by atoms with E-state index in [0.717, 1.165) is 63.7 Å². The minimum atomic E-state index is -0.280. The van der Waals surface area contributed by atoms with Crippen molar-refractivity contribution in [3.05, 3.63) is 26.7 Å². The number of aryl methyl sites for hydroxylation is 1. The Kier molecular flexibility index (Phi) is 6.53. The topological polar surface area (TPSA) is 105 Å². The fraction of sp³-hybridized carbons (Fsp3) is 0.750. The van der Waals surface area contributed by atoms with Crippen molar-refractivity contribution in [1.82, 2.24) is 29.3 Å². The summed E-state index contributed by atoms with van der Waals surface area (Å²) < 4.78 is 2.99. The number of nitrogens with zero attached hydrogens (tertiary/aromatic N) is 4. The maximum Gasteiger partial charge on any atom is 0.332 e. The number of aromatic amines is 1. The second kappa shape index (κ2) is 9.08. The van der Waals surface area contributed by atoms with Gasteiger partial charge in [0.2, 0.25) is 5.91 Å². The van der Waals surface area contributed by atoms with Crippen molar-refractivity contribution in [2.45, 2.75) is 83.7 Å². The fourth-order valence-corrected chi connectivity index (χ4v) is 5.73. The first-order valence-corrected chi connectivity index (χ1v) is 12.4. The van der Waals surface area contributed by atoms with Gasteiger partial charge in [0, 0.05) is 37.0 Å². The highest BCUT2D eigenvalue weighted by Gasteiger charge is 2.54. The molecule has 3 fully saturated rings. The summed E-state index contributed by atoms with van der Waals surface area (Å²) in [7, 11) is 4.01. The lowest BCUT2D eigenvalue weighted by atomic mass is 9.53. The number of aromatic nitrogens is 4. The normalized spacial score (nSPS) is 24.6. The molecule has 5 rings (SSSR count). The van der Waals surface area contributed by atoms with Crippen LogP contribution in [0.25, 0.3) is 11.2 Å². The van der Waals surface area contributed by atoms with Crippen LogP contribution in [0.3, 0.4) is 0 Å². The number of amides is 1. The number of fused-ring (bicyclic) bond motifs is 4. The van der Waals surface area contributed by atoms with Crippen LogP contribution < -0.4 is 16.6 Å². The highest BCUT2D eigenvalue weighted by Crippen LogP contribution is 2.57. The molecule has 2 aromatic rings. The van der Waals surface area contributed by atoms with Gasteiger partial charge in [0.1, 0.15) is 11.3 Å². The predicted molar refractivity (Wildman–Crippen MR) is 129 cm³/mol. The standard InChI is InChI=1S/C24H38N6O3/c1-5-14-29-18-17(19(31)30(15-6-2)22(29)33)26-20(27-18)23-7-10-24(11-8-23,12-9-23)21(32)25-13-16-28(3)4/h5-16H2,1-4H3,(H,25,32)(H,26,27). The van der Waals surface area contributed by atoms with Gasteiger partial charge in [0.25, 0.3) is 5.56 Å². The third kappa shape index (κ3) is 4.05. The fourth-order valence-electron chi connectivity index (χ4n) is 5.73. The molecular weight excluding hydrogens is 420 g/mol. The molecule has 2 heterocycles. The van der Waals surface area contributed by atoms with E-state index < -0.39 is 0 Å². The van der Waals surface area contributed by atoms with Gasteiger partial charge in [0.05, 0.1) is 0 Å². The van der Waals surface area contributed by atoms with Crippen molar-refractivity contribution in [3.63, 3.8) is 0 Å². The largest absolute Gasteiger partial charge is 0.354 e. The number of carbonyl (C=O) groups excluding carboxylic acids is 1. The Morgan fingerprint density at radius 2 is 1.64 bits per heavy atom. The molecule has 2 N–H and O–H groups in total. The number of hydrogen-bond donors (Lipinski definition) is 2. The zero-order chi connectivity index (χ0) is 23.8. The number of carbonyl (C=O) groups is 1. The summed E-state index contributed by atoms with van der Waals surface area (Å²) in [4.78, 5) is 49.4. The van der Waals surface area contributed by atoms with Crippen LogP contribution in [0.4, 0.5) is 0 Å². The van der Waals surface area contributed by atoms with Gasteiger partial charge < -0.3 is 15.2 Å². The summed E-state index contributed by atoms with van der Waals surface area (Å²) >= 11 is 0. The van der Waals surface area contributed by atoms with Gasteiger partial charge in [-0.3, -0.25) is 18.7 Å². The van der Waals surface area contributed by atoms with Crippen molar-refractivity contribution in [1.29, 1.82) is 0 Å². The quantitative estimate of drug-likeness (QED) is 0.598. The van der Waals surface area contributed by atoms with Crippen LogP contribution in [0.2, 0.25) is 0 Å². The zero-order valence-corrected chi connectivity index (χ0v) is 20.5. The van der Waals surface area contributed by atoms with Gasteiger partial charge in [-0.25, -0.2) is 9.78 Å². The van der Waals surface area contributed by atoms with E-state index in [9.17, 15) is 14.4 Å². The van der Waals surface area contributed by atoms with E-state index in [1.807, 2.05) is 27.9 Å². The molecule has 0 unspecified atom stereocenters. The molecule has 3 saturated carbocycles. The third-order valence-electron chi connectivity index (χ3n) is 7.83. The molecule has 182 valence electrons. The SMILES string of the molecule is CCCn1c(=O)c2[nH]c(C34CCC(C(=O)NCCN(C)C)(CC3)CC4)nc2n(CCC)c1=O. The number of imidazole rings is 1. The number of H-pyrrole nitrogens is 1. The third-order valence-corrected chi connectivity index (χ3v) is 7.83. The van der Waals surface area contributed by atoms with Gasteiger partial charge in [0.15, 0.2) is 5.65 Å². The van der Waals surface area contributed by atoms with Crippen LogP contribution in [-0.2, 0) is 23.3 Å². The van der Waals surface area contributed by atoms with E-state index in [2.05, 4.69) is 15.2 Å².